The van der Waals surface area contributed by atoms with Crippen molar-refractivity contribution >= 4 is 35.9 Å². The van der Waals surface area contributed by atoms with Crippen LogP contribution >= 0.6 is 0 Å². The Hall–Kier alpha value is -2.98. The van der Waals surface area contributed by atoms with Crippen molar-refractivity contribution in [2.75, 3.05) is 6.54 Å². The zero-order chi connectivity index (χ0) is 22.1. The van der Waals surface area contributed by atoms with Crippen LogP contribution in [0.2, 0.25) is 0 Å². The van der Waals surface area contributed by atoms with E-state index in [1.807, 2.05) is 0 Å². The number of carbonyl (C=O) groups excluding carboxylic acids is 3. The minimum absolute atomic E-state index is 0.0720. The lowest BCUT2D eigenvalue weighted by Crippen LogP contribution is -2.47. The highest BCUT2D eigenvalue weighted by Crippen LogP contribution is 2.04. The number of nitrogens with zero attached hydrogens (tertiary/aromatic N) is 1. The summed E-state index contributed by atoms with van der Waals surface area (Å²) >= 11 is 0. The van der Waals surface area contributed by atoms with E-state index < -0.39 is 35.7 Å². The molecule has 0 fully saturated rings. The van der Waals surface area contributed by atoms with E-state index in [1.54, 1.807) is 6.21 Å². The number of hydrogen-bond acceptors (Lipinski definition) is 6. The lowest BCUT2D eigenvalue weighted by molar-refractivity contribution is -0.151. The van der Waals surface area contributed by atoms with Crippen LogP contribution in [0.15, 0.2) is 5.10 Å². The lowest BCUT2D eigenvalue weighted by Gasteiger charge is -2.15. The summed E-state index contributed by atoms with van der Waals surface area (Å²) in [5.74, 6) is -6.42. The fourth-order valence-electron chi connectivity index (χ4n) is 2.33. The second-order valence-electron chi connectivity index (χ2n) is 6.38. The molecule has 0 radical (unpaired) electrons. The number of amides is 3. The summed E-state index contributed by atoms with van der Waals surface area (Å²) in [5.41, 5.74) is 2.28. The number of hydrogen-bond donors (Lipinski definition) is 5. The molecule has 11 nitrogen and oxygen atoms in total. The summed E-state index contributed by atoms with van der Waals surface area (Å²) < 4.78 is 0. The van der Waals surface area contributed by atoms with Crippen LogP contribution in [0, 0.1) is 0 Å². The molecule has 0 bridgehead atoms. The van der Waals surface area contributed by atoms with Crippen molar-refractivity contribution in [1.29, 1.82) is 0 Å². The predicted molar refractivity (Wildman–Crippen MR) is 104 cm³/mol. The molecular weight excluding hydrogens is 384 g/mol. The third-order valence-corrected chi connectivity index (χ3v) is 3.92. The van der Waals surface area contributed by atoms with Crippen LogP contribution in [0.25, 0.3) is 0 Å². The quantitative estimate of drug-likeness (QED) is 0.118. The summed E-state index contributed by atoms with van der Waals surface area (Å²) in [7, 11) is 0. The molecule has 0 aliphatic heterocycles. The third-order valence-electron chi connectivity index (χ3n) is 3.92. The molecular formula is C18H30N4O7. The van der Waals surface area contributed by atoms with Gasteiger partial charge in [-0.3, -0.25) is 14.4 Å². The molecule has 0 rings (SSSR count). The van der Waals surface area contributed by atoms with Crippen LogP contribution in [-0.4, -0.2) is 58.7 Å². The normalized spacial score (nSPS) is 11.6. The van der Waals surface area contributed by atoms with Gasteiger partial charge >= 0.3 is 23.8 Å². The van der Waals surface area contributed by atoms with Gasteiger partial charge in [-0.15, -0.1) is 0 Å². The Balaban J connectivity index is 4.38. The van der Waals surface area contributed by atoms with Crippen LogP contribution in [0.5, 0.6) is 0 Å². The molecule has 0 aromatic rings. The maximum Gasteiger partial charge on any atom is 0.394 e. The van der Waals surface area contributed by atoms with Gasteiger partial charge in [0.2, 0.25) is 0 Å². The summed E-state index contributed by atoms with van der Waals surface area (Å²) in [4.78, 5) is 55.5. The first-order valence-corrected chi connectivity index (χ1v) is 9.65. The molecule has 164 valence electrons. The topological polar surface area (TPSA) is 174 Å². The van der Waals surface area contributed by atoms with Crippen LogP contribution in [-0.2, 0) is 24.0 Å². The van der Waals surface area contributed by atoms with Gasteiger partial charge in [0, 0.05) is 12.8 Å². The van der Waals surface area contributed by atoms with E-state index in [-0.39, 0.29) is 13.0 Å². The fraction of sp³-hybridized carbons (Fsp3) is 0.667. The number of hydrazone groups is 1. The first-order valence-electron chi connectivity index (χ1n) is 9.65. The molecule has 0 saturated carbocycles. The molecule has 0 aliphatic carbocycles. The first-order chi connectivity index (χ1) is 13.8. The Kier molecular flexibility index (Phi) is 14.4. The molecule has 0 aromatic carbocycles. The molecule has 0 saturated heterocycles. The average Bonchev–Trinajstić information content (AvgIpc) is 2.68. The second kappa shape index (κ2) is 16.0. The predicted octanol–water partition coefficient (Wildman–Crippen LogP) is 0.389. The summed E-state index contributed by atoms with van der Waals surface area (Å²) in [6, 6.07) is -1.12. The third kappa shape index (κ3) is 13.8. The smallest absolute Gasteiger partial charge is 0.394 e. The maximum atomic E-state index is 12.2. The number of unbranched alkanes of at least 4 members (excludes halogenated alkanes) is 6. The van der Waals surface area contributed by atoms with Crippen molar-refractivity contribution in [3.63, 3.8) is 0 Å². The van der Waals surface area contributed by atoms with Gasteiger partial charge < -0.3 is 20.8 Å². The number of carbonyl (C=O) groups is 5. The number of rotatable bonds is 14. The monoisotopic (exact) mass is 414 g/mol. The molecule has 1 atom stereocenters. The number of aliphatic carboxylic acids is 2. The molecule has 0 unspecified atom stereocenters. The molecule has 11 heteroatoms. The second-order valence-corrected chi connectivity index (χ2v) is 6.38. The minimum atomic E-state index is -1.72. The Morgan fingerprint density at radius 2 is 1.55 bits per heavy atom. The van der Waals surface area contributed by atoms with E-state index in [0.717, 1.165) is 25.7 Å². The van der Waals surface area contributed by atoms with E-state index in [4.69, 9.17) is 10.2 Å². The van der Waals surface area contributed by atoms with Gasteiger partial charge in [-0.1, -0.05) is 32.6 Å². The van der Waals surface area contributed by atoms with Crippen molar-refractivity contribution < 1.29 is 34.2 Å². The molecule has 0 aliphatic rings. The van der Waals surface area contributed by atoms with Crippen LogP contribution < -0.4 is 16.1 Å². The average molecular weight is 414 g/mol. The van der Waals surface area contributed by atoms with E-state index in [9.17, 15) is 24.0 Å². The van der Waals surface area contributed by atoms with Crippen molar-refractivity contribution in [1.82, 2.24) is 16.1 Å². The Morgan fingerprint density at radius 3 is 2.17 bits per heavy atom. The zero-order valence-electron chi connectivity index (χ0n) is 16.6. The van der Waals surface area contributed by atoms with E-state index in [2.05, 4.69) is 28.1 Å². The molecule has 29 heavy (non-hydrogen) atoms. The van der Waals surface area contributed by atoms with Gasteiger partial charge in [0.1, 0.15) is 6.04 Å². The van der Waals surface area contributed by atoms with Crippen molar-refractivity contribution in [3.05, 3.63) is 0 Å². The van der Waals surface area contributed by atoms with Crippen molar-refractivity contribution in [3.8, 4) is 0 Å². The molecule has 5 N–H and O–H groups in total. The zero-order valence-corrected chi connectivity index (χ0v) is 16.6. The lowest BCUT2D eigenvalue weighted by atomic mass is 10.1. The fourth-order valence-corrected chi connectivity index (χ4v) is 2.33. The Bertz CT molecular complexity index is 593. The van der Waals surface area contributed by atoms with E-state index >= 15 is 0 Å². The highest BCUT2D eigenvalue weighted by Gasteiger charge is 2.23. The molecule has 0 aromatic heterocycles. The highest BCUT2D eigenvalue weighted by atomic mass is 16.4. The number of carboxylic acids is 2. The highest BCUT2D eigenvalue weighted by molar-refractivity contribution is 6.32. The van der Waals surface area contributed by atoms with Crippen LogP contribution in [0.3, 0.4) is 0 Å². The van der Waals surface area contributed by atoms with Gasteiger partial charge in [0.15, 0.2) is 0 Å². The molecule has 0 spiro atoms. The van der Waals surface area contributed by atoms with Crippen LogP contribution in [0.1, 0.15) is 64.7 Å². The van der Waals surface area contributed by atoms with Crippen LogP contribution in [0.4, 0.5) is 0 Å². The summed E-state index contributed by atoms with van der Waals surface area (Å²) in [6.45, 7) is 2.20. The van der Waals surface area contributed by atoms with E-state index in [1.165, 1.54) is 6.42 Å². The SMILES string of the molecule is CCCCCCC/C=N/NC(=O)[C@H](CCCCNC(=O)C(=O)O)NC(=O)C(=O)O. The van der Waals surface area contributed by atoms with Gasteiger partial charge in [-0.25, -0.2) is 15.0 Å². The summed E-state index contributed by atoms with van der Waals surface area (Å²) in [6.07, 6.45) is 8.52. The van der Waals surface area contributed by atoms with Crippen molar-refractivity contribution in [2.24, 2.45) is 5.10 Å². The molecule has 0 heterocycles. The first kappa shape index (κ1) is 26.0. The van der Waals surface area contributed by atoms with E-state index in [0.29, 0.717) is 19.3 Å². The maximum absolute atomic E-state index is 12.2. The minimum Gasteiger partial charge on any atom is -0.474 e. The Morgan fingerprint density at radius 1 is 0.897 bits per heavy atom. The molecule has 3 amide bonds. The standard InChI is InChI=1S/C18H30N4O7/c1-2-3-4-5-6-8-12-20-22-14(23)13(21-16(25)18(28)29)10-7-9-11-19-15(24)17(26)27/h12-13H,2-11H2,1H3,(H,19,24)(H,21,25)(H,22,23)(H,26,27)(H,28,29)/b20-12+/t13-/m0/s1. The van der Waals surface area contributed by atoms with Gasteiger partial charge in [-0.2, -0.15) is 5.10 Å². The van der Waals surface area contributed by atoms with Gasteiger partial charge in [0.25, 0.3) is 5.91 Å². The largest absolute Gasteiger partial charge is 0.474 e. The number of carboxylic acid groups (broad SMARTS) is 2. The Labute approximate surface area is 169 Å². The van der Waals surface area contributed by atoms with Crippen molar-refractivity contribution in [2.45, 2.75) is 70.8 Å². The van der Waals surface area contributed by atoms with Gasteiger partial charge in [-0.05, 0) is 32.1 Å². The summed E-state index contributed by atoms with van der Waals surface area (Å²) in [5, 5.41) is 25.2. The number of nitrogens with one attached hydrogen (secondary N) is 3. The van der Waals surface area contributed by atoms with Gasteiger partial charge in [0.05, 0.1) is 0 Å².